The molecule has 4 nitrogen and oxygen atoms in total. The van der Waals surface area contributed by atoms with Crippen molar-refractivity contribution >= 4 is 28.3 Å². The van der Waals surface area contributed by atoms with Gasteiger partial charge in [-0.25, -0.2) is 0 Å². The first-order valence-corrected chi connectivity index (χ1v) is 7.13. The Morgan fingerprint density at radius 1 is 1.05 bits per heavy atom. The SMILES string of the molecule is Nc1cn[nH]c1-c1ccc(Oc2ccccc2)cc1I. The summed E-state index contributed by atoms with van der Waals surface area (Å²) >= 11 is 2.26. The fourth-order valence-corrected chi connectivity index (χ4v) is 2.65. The van der Waals surface area contributed by atoms with E-state index in [1.807, 2.05) is 48.5 Å². The number of ether oxygens (including phenoxy) is 1. The number of nitrogen functional groups attached to an aromatic ring is 1. The smallest absolute Gasteiger partial charge is 0.128 e. The molecule has 3 aromatic rings. The van der Waals surface area contributed by atoms with Gasteiger partial charge in [-0.05, 0) is 52.9 Å². The van der Waals surface area contributed by atoms with Gasteiger partial charge in [0.15, 0.2) is 0 Å². The van der Waals surface area contributed by atoms with Crippen LogP contribution in [-0.4, -0.2) is 10.2 Å². The first kappa shape index (κ1) is 13.0. The van der Waals surface area contributed by atoms with Crippen LogP contribution in [0.2, 0.25) is 0 Å². The summed E-state index contributed by atoms with van der Waals surface area (Å²) in [6.07, 6.45) is 1.61. The highest BCUT2D eigenvalue weighted by atomic mass is 127. The van der Waals surface area contributed by atoms with E-state index < -0.39 is 0 Å². The molecule has 1 aromatic heterocycles. The highest BCUT2D eigenvalue weighted by Crippen LogP contribution is 2.32. The zero-order valence-corrected chi connectivity index (χ0v) is 12.7. The number of benzene rings is 2. The molecular formula is C15H12IN3O. The van der Waals surface area contributed by atoms with E-state index in [0.717, 1.165) is 26.3 Å². The van der Waals surface area contributed by atoms with Gasteiger partial charge in [-0.15, -0.1) is 0 Å². The first-order chi connectivity index (χ1) is 9.74. The summed E-state index contributed by atoms with van der Waals surface area (Å²) < 4.78 is 6.85. The topological polar surface area (TPSA) is 63.9 Å². The molecule has 1 heterocycles. The molecule has 0 saturated heterocycles. The van der Waals surface area contributed by atoms with Crippen molar-refractivity contribution in [3.8, 4) is 22.8 Å². The number of aromatic amines is 1. The monoisotopic (exact) mass is 377 g/mol. The maximum absolute atomic E-state index is 5.87. The summed E-state index contributed by atoms with van der Waals surface area (Å²) in [5.74, 6) is 1.61. The predicted molar refractivity (Wildman–Crippen MR) is 87.7 cm³/mol. The Bertz CT molecular complexity index is 725. The van der Waals surface area contributed by atoms with E-state index in [9.17, 15) is 0 Å². The molecule has 0 fully saturated rings. The zero-order chi connectivity index (χ0) is 13.9. The number of hydrogen-bond acceptors (Lipinski definition) is 3. The van der Waals surface area contributed by atoms with E-state index in [0.29, 0.717) is 5.69 Å². The van der Waals surface area contributed by atoms with E-state index in [2.05, 4.69) is 32.8 Å². The van der Waals surface area contributed by atoms with Gasteiger partial charge in [0.05, 0.1) is 17.6 Å². The molecule has 3 N–H and O–H groups in total. The third-order valence-electron chi connectivity index (χ3n) is 2.86. The van der Waals surface area contributed by atoms with Gasteiger partial charge in [0.1, 0.15) is 11.5 Å². The third-order valence-corrected chi connectivity index (χ3v) is 3.75. The van der Waals surface area contributed by atoms with Crippen LogP contribution in [-0.2, 0) is 0 Å². The van der Waals surface area contributed by atoms with Crippen LogP contribution in [0.4, 0.5) is 5.69 Å². The third kappa shape index (κ3) is 2.62. The molecule has 0 atom stereocenters. The molecule has 0 aliphatic heterocycles. The molecule has 2 aromatic carbocycles. The maximum Gasteiger partial charge on any atom is 0.128 e. The van der Waals surface area contributed by atoms with E-state index >= 15 is 0 Å². The molecule has 20 heavy (non-hydrogen) atoms. The van der Waals surface area contributed by atoms with Gasteiger partial charge in [-0.2, -0.15) is 5.10 Å². The Hall–Kier alpha value is -2.02. The van der Waals surface area contributed by atoms with Crippen molar-refractivity contribution in [2.24, 2.45) is 0 Å². The molecule has 0 aliphatic rings. The second-order valence-corrected chi connectivity index (χ2v) is 5.42. The van der Waals surface area contributed by atoms with Crippen LogP contribution >= 0.6 is 22.6 Å². The second kappa shape index (κ2) is 5.54. The van der Waals surface area contributed by atoms with Crippen LogP contribution in [0.5, 0.6) is 11.5 Å². The first-order valence-electron chi connectivity index (χ1n) is 6.06. The number of H-pyrrole nitrogens is 1. The van der Waals surface area contributed by atoms with Gasteiger partial charge < -0.3 is 10.5 Å². The number of aromatic nitrogens is 2. The fraction of sp³-hybridized carbons (Fsp3) is 0. The lowest BCUT2D eigenvalue weighted by Crippen LogP contribution is -1.91. The van der Waals surface area contributed by atoms with E-state index in [-0.39, 0.29) is 0 Å². The van der Waals surface area contributed by atoms with Crippen LogP contribution in [0.3, 0.4) is 0 Å². The van der Waals surface area contributed by atoms with Gasteiger partial charge in [0, 0.05) is 9.13 Å². The summed E-state index contributed by atoms with van der Waals surface area (Å²) in [6, 6.07) is 15.6. The molecule has 100 valence electrons. The number of nitrogens with one attached hydrogen (secondary N) is 1. The minimum absolute atomic E-state index is 0.639. The van der Waals surface area contributed by atoms with Crippen molar-refractivity contribution in [1.29, 1.82) is 0 Å². The van der Waals surface area contributed by atoms with Crippen molar-refractivity contribution in [1.82, 2.24) is 10.2 Å². The number of para-hydroxylation sites is 1. The minimum Gasteiger partial charge on any atom is -0.457 e. The fourth-order valence-electron chi connectivity index (χ4n) is 1.90. The normalized spacial score (nSPS) is 10.4. The van der Waals surface area contributed by atoms with Crippen molar-refractivity contribution in [2.45, 2.75) is 0 Å². The van der Waals surface area contributed by atoms with Crippen molar-refractivity contribution < 1.29 is 4.74 Å². The van der Waals surface area contributed by atoms with Crippen molar-refractivity contribution in [3.63, 3.8) is 0 Å². The Balaban J connectivity index is 1.90. The van der Waals surface area contributed by atoms with Crippen molar-refractivity contribution in [3.05, 3.63) is 58.3 Å². The summed E-state index contributed by atoms with van der Waals surface area (Å²) in [4.78, 5) is 0. The maximum atomic E-state index is 5.87. The van der Waals surface area contributed by atoms with Gasteiger partial charge in [-0.1, -0.05) is 18.2 Å². The summed E-state index contributed by atoms with van der Waals surface area (Å²) in [6.45, 7) is 0. The molecule has 0 radical (unpaired) electrons. The van der Waals surface area contributed by atoms with Crippen LogP contribution < -0.4 is 10.5 Å². The summed E-state index contributed by atoms with van der Waals surface area (Å²) in [5, 5.41) is 6.86. The average molecular weight is 377 g/mol. The number of rotatable bonds is 3. The van der Waals surface area contributed by atoms with Crippen LogP contribution in [0.1, 0.15) is 0 Å². The highest BCUT2D eigenvalue weighted by Gasteiger charge is 2.10. The van der Waals surface area contributed by atoms with E-state index in [1.165, 1.54) is 0 Å². The lowest BCUT2D eigenvalue weighted by Gasteiger charge is -2.08. The van der Waals surface area contributed by atoms with E-state index in [4.69, 9.17) is 10.5 Å². The number of anilines is 1. The molecule has 0 unspecified atom stereocenters. The Morgan fingerprint density at radius 3 is 2.50 bits per heavy atom. The lowest BCUT2D eigenvalue weighted by atomic mass is 10.1. The highest BCUT2D eigenvalue weighted by molar-refractivity contribution is 14.1. The number of halogens is 1. The largest absolute Gasteiger partial charge is 0.457 e. The molecule has 0 spiro atoms. The number of nitrogens with zero attached hydrogens (tertiary/aromatic N) is 1. The van der Waals surface area contributed by atoms with Gasteiger partial charge >= 0.3 is 0 Å². The zero-order valence-electron chi connectivity index (χ0n) is 10.5. The van der Waals surface area contributed by atoms with Crippen LogP contribution in [0, 0.1) is 3.57 Å². The standard InChI is InChI=1S/C15H12IN3O/c16-13-8-11(20-10-4-2-1-3-5-10)6-7-12(13)15-14(17)9-18-19-15/h1-9H,17H2,(H,18,19). The Kier molecular flexibility index (Phi) is 3.60. The average Bonchev–Trinajstić information content (AvgIpc) is 2.86. The van der Waals surface area contributed by atoms with Crippen molar-refractivity contribution in [2.75, 3.05) is 5.73 Å². The van der Waals surface area contributed by atoms with Crippen LogP contribution in [0.25, 0.3) is 11.3 Å². The van der Waals surface area contributed by atoms with E-state index in [1.54, 1.807) is 6.20 Å². The lowest BCUT2D eigenvalue weighted by molar-refractivity contribution is 0.482. The number of nitrogens with two attached hydrogens (primary N) is 1. The molecule has 0 bridgehead atoms. The second-order valence-electron chi connectivity index (χ2n) is 4.26. The molecule has 3 rings (SSSR count). The predicted octanol–water partition coefficient (Wildman–Crippen LogP) is 4.06. The van der Waals surface area contributed by atoms with Gasteiger partial charge in [0.2, 0.25) is 0 Å². The molecule has 0 amide bonds. The Morgan fingerprint density at radius 2 is 1.85 bits per heavy atom. The van der Waals surface area contributed by atoms with Gasteiger partial charge in [0.25, 0.3) is 0 Å². The molecule has 0 aliphatic carbocycles. The molecule has 0 saturated carbocycles. The molecule has 5 heteroatoms. The van der Waals surface area contributed by atoms with Crippen LogP contribution in [0.15, 0.2) is 54.7 Å². The molecular weight excluding hydrogens is 365 g/mol. The number of hydrogen-bond donors (Lipinski definition) is 2. The Labute approximate surface area is 130 Å². The quantitative estimate of drug-likeness (QED) is 0.677. The summed E-state index contributed by atoms with van der Waals surface area (Å²) in [7, 11) is 0. The summed E-state index contributed by atoms with van der Waals surface area (Å²) in [5.41, 5.74) is 8.36. The minimum atomic E-state index is 0.639. The van der Waals surface area contributed by atoms with Gasteiger partial charge in [-0.3, -0.25) is 5.10 Å².